The quantitative estimate of drug-likeness (QED) is 0.688. The van der Waals surface area contributed by atoms with Crippen LogP contribution < -0.4 is 4.90 Å². The van der Waals surface area contributed by atoms with E-state index in [1.165, 1.54) is 0 Å². The second kappa shape index (κ2) is 3.77. The molecule has 2 rings (SSSR count). The molecule has 15 heavy (non-hydrogen) atoms. The lowest BCUT2D eigenvalue weighted by Gasteiger charge is -2.26. The van der Waals surface area contributed by atoms with Gasteiger partial charge in [-0.1, -0.05) is 0 Å². The average Bonchev–Trinajstić information content (AvgIpc) is 2.29. The number of methoxy groups -OCH3 is 1. The summed E-state index contributed by atoms with van der Waals surface area (Å²) < 4.78 is 5.28. The second-order valence-corrected chi connectivity index (χ2v) is 3.55. The molecule has 0 spiro atoms. The van der Waals surface area contributed by atoms with Crippen LogP contribution in [0.15, 0.2) is 24.3 Å². The molecule has 1 heterocycles. The van der Waals surface area contributed by atoms with Crippen LogP contribution in [0.2, 0.25) is 0 Å². The molecule has 1 aliphatic rings. The van der Waals surface area contributed by atoms with Gasteiger partial charge in [-0.15, -0.1) is 0 Å². The summed E-state index contributed by atoms with van der Waals surface area (Å²) in [5, 5.41) is 0. The van der Waals surface area contributed by atoms with Gasteiger partial charge < -0.3 is 9.64 Å². The van der Waals surface area contributed by atoms with Gasteiger partial charge in [0.2, 0.25) is 0 Å². The molecule has 0 unspecified atom stereocenters. The van der Waals surface area contributed by atoms with Gasteiger partial charge in [0.1, 0.15) is 12.0 Å². The Bertz CT molecular complexity index is 424. The fourth-order valence-corrected chi connectivity index (χ4v) is 1.78. The number of ether oxygens (including phenoxy) is 1. The van der Waals surface area contributed by atoms with Crippen molar-refractivity contribution < 1.29 is 9.53 Å². The number of hydrogen-bond acceptors (Lipinski definition) is 3. The number of anilines is 1. The third kappa shape index (κ3) is 1.61. The summed E-state index contributed by atoms with van der Waals surface area (Å²) in [6.45, 7) is 0.830. The lowest BCUT2D eigenvalue weighted by molar-refractivity contribution is 0.112. The predicted molar refractivity (Wildman–Crippen MR) is 60.1 cm³/mol. The standard InChI is InChI=1S/C12H13NO2/c1-13-6-5-12(15-2)10-7-9(8-14)3-4-11(10)13/h3-5,7-8H,6H2,1-2H3. The van der Waals surface area contributed by atoms with Gasteiger partial charge in [-0.25, -0.2) is 0 Å². The Kier molecular flexibility index (Phi) is 2.46. The fraction of sp³-hybridized carbons (Fsp3) is 0.250. The first-order valence-corrected chi connectivity index (χ1v) is 4.81. The van der Waals surface area contributed by atoms with Gasteiger partial charge in [-0.05, 0) is 24.3 Å². The van der Waals surface area contributed by atoms with Crippen molar-refractivity contribution in [2.75, 3.05) is 25.6 Å². The van der Waals surface area contributed by atoms with Crippen LogP contribution in [0.1, 0.15) is 15.9 Å². The number of aldehydes is 1. The van der Waals surface area contributed by atoms with Gasteiger partial charge in [0.05, 0.1) is 7.11 Å². The third-order valence-electron chi connectivity index (χ3n) is 2.60. The molecule has 0 atom stereocenters. The number of carbonyl (C=O) groups excluding carboxylic acids is 1. The molecule has 78 valence electrons. The maximum Gasteiger partial charge on any atom is 0.150 e. The third-order valence-corrected chi connectivity index (χ3v) is 2.60. The summed E-state index contributed by atoms with van der Waals surface area (Å²) in [7, 11) is 3.66. The Labute approximate surface area is 89.0 Å². The smallest absolute Gasteiger partial charge is 0.150 e. The minimum Gasteiger partial charge on any atom is -0.496 e. The molecule has 0 fully saturated rings. The van der Waals surface area contributed by atoms with Crippen LogP contribution in [0.3, 0.4) is 0 Å². The number of fused-ring (bicyclic) bond motifs is 1. The number of likely N-dealkylation sites (N-methyl/N-ethyl adjacent to an activating group) is 1. The Morgan fingerprint density at radius 1 is 1.47 bits per heavy atom. The van der Waals surface area contributed by atoms with E-state index in [0.717, 1.165) is 29.8 Å². The topological polar surface area (TPSA) is 29.5 Å². The zero-order chi connectivity index (χ0) is 10.8. The molecule has 1 aliphatic heterocycles. The predicted octanol–water partition coefficient (Wildman–Crippen LogP) is 1.94. The Balaban J connectivity index is 2.55. The van der Waals surface area contributed by atoms with Gasteiger partial charge in [0.25, 0.3) is 0 Å². The van der Waals surface area contributed by atoms with E-state index in [1.807, 2.05) is 31.3 Å². The molecular formula is C12H13NO2. The van der Waals surface area contributed by atoms with Crippen LogP contribution in [-0.2, 0) is 4.74 Å². The first-order chi connectivity index (χ1) is 7.26. The van der Waals surface area contributed by atoms with Gasteiger partial charge >= 0.3 is 0 Å². The SMILES string of the molecule is COC1=CCN(C)c2ccc(C=O)cc21. The van der Waals surface area contributed by atoms with Gasteiger partial charge in [-0.2, -0.15) is 0 Å². The van der Waals surface area contributed by atoms with Gasteiger partial charge in [0, 0.05) is 30.4 Å². The normalized spacial score (nSPS) is 14.3. The van der Waals surface area contributed by atoms with Gasteiger partial charge in [0.15, 0.2) is 0 Å². The van der Waals surface area contributed by atoms with E-state index in [-0.39, 0.29) is 0 Å². The summed E-state index contributed by atoms with van der Waals surface area (Å²) in [6, 6.07) is 5.62. The van der Waals surface area contributed by atoms with Crippen LogP contribution in [0, 0.1) is 0 Å². The molecule has 3 heteroatoms. The van der Waals surface area contributed by atoms with Crippen LogP contribution in [0.4, 0.5) is 5.69 Å². The van der Waals surface area contributed by atoms with Crippen LogP contribution in [-0.4, -0.2) is 27.0 Å². The Hall–Kier alpha value is -1.77. The Morgan fingerprint density at radius 3 is 2.93 bits per heavy atom. The van der Waals surface area contributed by atoms with E-state index in [0.29, 0.717) is 5.56 Å². The van der Waals surface area contributed by atoms with Crippen molar-refractivity contribution in [3.05, 3.63) is 35.4 Å². The molecule has 3 nitrogen and oxygen atoms in total. The highest BCUT2D eigenvalue weighted by atomic mass is 16.5. The maximum absolute atomic E-state index is 10.7. The average molecular weight is 203 g/mol. The summed E-state index contributed by atoms with van der Waals surface area (Å²) in [4.78, 5) is 12.8. The highest BCUT2D eigenvalue weighted by Gasteiger charge is 2.16. The maximum atomic E-state index is 10.7. The van der Waals surface area contributed by atoms with Crippen LogP contribution in [0.25, 0.3) is 5.76 Å². The van der Waals surface area contributed by atoms with Crippen molar-refractivity contribution in [3.63, 3.8) is 0 Å². The molecule has 0 aliphatic carbocycles. The molecule has 1 aromatic carbocycles. The molecule has 0 aromatic heterocycles. The highest BCUT2D eigenvalue weighted by molar-refractivity contribution is 5.83. The molecular weight excluding hydrogens is 190 g/mol. The van der Waals surface area contributed by atoms with Crippen LogP contribution in [0.5, 0.6) is 0 Å². The van der Waals surface area contributed by atoms with E-state index in [1.54, 1.807) is 7.11 Å². The summed E-state index contributed by atoms with van der Waals surface area (Å²) in [5.74, 6) is 0.840. The molecule has 0 N–H and O–H groups in total. The van der Waals surface area contributed by atoms with Crippen molar-refractivity contribution in [3.8, 4) is 0 Å². The van der Waals surface area contributed by atoms with E-state index in [2.05, 4.69) is 4.90 Å². The fourth-order valence-electron chi connectivity index (χ4n) is 1.78. The summed E-state index contributed by atoms with van der Waals surface area (Å²) in [6.07, 6.45) is 2.86. The monoisotopic (exact) mass is 203 g/mol. The molecule has 0 saturated heterocycles. The number of hydrogen-bond donors (Lipinski definition) is 0. The molecule has 0 amide bonds. The lowest BCUT2D eigenvalue weighted by Crippen LogP contribution is -2.22. The first kappa shape index (κ1) is 9.77. The van der Waals surface area contributed by atoms with Crippen LogP contribution >= 0.6 is 0 Å². The lowest BCUT2D eigenvalue weighted by atomic mass is 10.0. The minimum absolute atomic E-state index is 0.673. The number of carbonyl (C=O) groups is 1. The minimum atomic E-state index is 0.673. The van der Waals surface area contributed by atoms with E-state index < -0.39 is 0 Å². The molecule has 0 saturated carbocycles. The summed E-state index contributed by atoms with van der Waals surface area (Å²) >= 11 is 0. The van der Waals surface area contributed by atoms with Crippen molar-refractivity contribution in [1.29, 1.82) is 0 Å². The molecule has 1 aromatic rings. The Morgan fingerprint density at radius 2 is 2.27 bits per heavy atom. The number of benzene rings is 1. The van der Waals surface area contributed by atoms with Crippen molar-refractivity contribution >= 4 is 17.7 Å². The zero-order valence-corrected chi connectivity index (χ0v) is 8.86. The second-order valence-electron chi connectivity index (χ2n) is 3.55. The molecule has 0 radical (unpaired) electrons. The van der Waals surface area contributed by atoms with E-state index in [9.17, 15) is 4.79 Å². The number of rotatable bonds is 2. The zero-order valence-electron chi connectivity index (χ0n) is 8.86. The van der Waals surface area contributed by atoms with E-state index in [4.69, 9.17) is 4.74 Å². The van der Waals surface area contributed by atoms with Crippen molar-refractivity contribution in [1.82, 2.24) is 0 Å². The number of nitrogens with zero attached hydrogens (tertiary/aromatic N) is 1. The van der Waals surface area contributed by atoms with Crippen molar-refractivity contribution in [2.45, 2.75) is 0 Å². The van der Waals surface area contributed by atoms with Gasteiger partial charge in [-0.3, -0.25) is 4.79 Å². The summed E-state index contributed by atoms with van der Waals surface area (Å²) in [5.41, 5.74) is 2.75. The van der Waals surface area contributed by atoms with E-state index >= 15 is 0 Å². The molecule has 0 bridgehead atoms. The first-order valence-electron chi connectivity index (χ1n) is 4.81. The highest BCUT2D eigenvalue weighted by Crippen LogP contribution is 2.31. The van der Waals surface area contributed by atoms with Crippen molar-refractivity contribution in [2.24, 2.45) is 0 Å². The largest absolute Gasteiger partial charge is 0.496 e.